The van der Waals surface area contributed by atoms with Gasteiger partial charge in [0, 0.05) is 17.3 Å². The van der Waals surface area contributed by atoms with Crippen LogP contribution in [-0.4, -0.2) is 32.2 Å². The Morgan fingerprint density at radius 3 is 2.88 bits per heavy atom. The molecular formula is C18H17N5O. The number of nitrogens with zero attached hydrogens (tertiary/aromatic N) is 5. The summed E-state index contributed by atoms with van der Waals surface area (Å²) in [6.45, 7) is 2.10. The molecule has 2 aromatic carbocycles. The average Bonchev–Trinajstić information content (AvgIpc) is 3.16. The van der Waals surface area contributed by atoms with Crippen LogP contribution in [0.2, 0.25) is 0 Å². The number of aromatic nitrogens is 4. The molecule has 2 heterocycles. The van der Waals surface area contributed by atoms with Crippen molar-refractivity contribution in [1.82, 2.24) is 20.2 Å². The van der Waals surface area contributed by atoms with E-state index in [1.807, 2.05) is 47.4 Å². The highest BCUT2D eigenvalue weighted by atomic mass is 16.2. The maximum atomic E-state index is 13.2. The van der Waals surface area contributed by atoms with Crippen molar-refractivity contribution in [2.24, 2.45) is 0 Å². The van der Waals surface area contributed by atoms with Gasteiger partial charge in [0.2, 0.25) is 0 Å². The van der Waals surface area contributed by atoms with E-state index in [0.29, 0.717) is 5.56 Å². The van der Waals surface area contributed by atoms with Gasteiger partial charge < -0.3 is 4.90 Å². The molecule has 0 bridgehead atoms. The Balaban J connectivity index is 1.73. The highest BCUT2D eigenvalue weighted by molar-refractivity contribution is 6.07. The number of rotatable bonds is 2. The largest absolute Gasteiger partial charge is 0.305 e. The van der Waals surface area contributed by atoms with Crippen LogP contribution < -0.4 is 4.90 Å². The van der Waals surface area contributed by atoms with Crippen LogP contribution in [0.15, 0.2) is 54.9 Å². The highest BCUT2D eigenvalue weighted by Crippen LogP contribution is 2.31. The molecule has 0 saturated carbocycles. The SMILES string of the molecule is CC1CCc2ccccc2N1C(=O)c1cccc(-n2cnnn2)c1. The molecule has 24 heavy (non-hydrogen) atoms. The molecule has 6 heteroatoms. The van der Waals surface area contributed by atoms with E-state index >= 15 is 0 Å². The van der Waals surface area contributed by atoms with Crippen molar-refractivity contribution < 1.29 is 4.79 Å². The van der Waals surface area contributed by atoms with E-state index in [4.69, 9.17) is 0 Å². The van der Waals surface area contributed by atoms with Gasteiger partial charge in [0.15, 0.2) is 0 Å². The van der Waals surface area contributed by atoms with Crippen LogP contribution in [0.5, 0.6) is 0 Å². The number of carbonyl (C=O) groups excluding carboxylic acids is 1. The first kappa shape index (κ1) is 14.6. The van der Waals surface area contributed by atoms with Gasteiger partial charge >= 0.3 is 0 Å². The number of benzene rings is 2. The number of tetrazole rings is 1. The Labute approximate surface area is 139 Å². The molecule has 1 unspecified atom stereocenters. The summed E-state index contributed by atoms with van der Waals surface area (Å²) in [5.74, 6) is 0.00424. The second kappa shape index (κ2) is 5.88. The molecule has 0 aliphatic carbocycles. The second-order valence-electron chi connectivity index (χ2n) is 6.00. The third-order valence-corrected chi connectivity index (χ3v) is 4.45. The number of aryl methyl sites for hydroxylation is 1. The minimum absolute atomic E-state index is 0.00424. The topological polar surface area (TPSA) is 63.9 Å². The summed E-state index contributed by atoms with van der Waals surface area (Å²) < 4.78 is 1.55. The number of hydrogen-bond acceptors (Lipinski definition) is 4. The number of hydrogen-bond donors (Lipinski definition) is 0. The van der Waals surface area contributed by atoms with E-state index in [2.05, 4.69) is 28.5 Å². The molecular weight excluding hydrogens is 302 g/mol. The Kier molecular flexibility index (Phi) is 3.57. The van der Waals surface area contributed by atoms with Crippen LogP contribution in [0.3, 0.4) is 0 Å². The summed E-state index contributed by atoms with van der Waals surface area (Å²) in [7, 11) is 0. The van der Waals surface area contributed by atoms with Gasteiger partial charge in [0.1, 0.15) is 6.33 Å². The van der Waals surface area contributed by atoms with Gasteiger partial charge in [-0.15, -0.1) is 5.10 Å². The van der Waals surface area contributed by atoms with Crippen molar-refractivity contribution in [3.63, 3.8) is 0 Å². The van der Waals surface area contributed by atoms with Gasteiger partial charge in [-0.2, -0.15) is 0 Å². The van der Waals surface area contributed by atoms with Crippen LogP contribution in [0.4, 0.5) is 5.69 Å². The molecule has 0 saturated heterocycles. The summed E-state index contributed by atoms with van der Waals surface area (Å²) in [4.78, 5) is 15.1. The molecule has 4 rings (SSSR count). The van der Waals surface area contributed by atoms with E-state index in [1.54, 1.807) is 4.68 Å². The number of amides is 1. The van der Waals surface area contributed by atoms with Crippen LogP contribution >= 0.6 is 0 Å². The molecule has 1 aromatic heterocycles. The lowest BCUT2D eigenvalue weighted by Crippen LogP contribution is -2.42. The van der Waals surface area contributed by atoms with Crippen LogP contribution in [0, 0.1) is 0 Å². The van der Waals surface area contributed by atoms with E-state index < -0.39 is 0 Å². The Bertz CT molecular complexity index is 875. The van der Waals surface area contributed by atoms with Crippen molar-refractivity contribution >= 4 is 11.6 Å². The van der Waals surface area contributed by atoms with Gasteiger partial charge in [-0.25, -0.2) is 4.68 Å². The maximum Gasteiger partial charge on any atom is 0.258 e. The number of carbonyl (C=O) groups is 1. The molecule has 6 nitrogen and oxygen atoms in total. The van der Waals surface area contributed by atoms with Crippen LogP contribution in [0.25, 0.3) is 5.69 Å². The van der Waals surface area contributed by atoms with Gasteiger partial charge in [-0.1, -0.05) is 24.3 Å². The number of anilines is 1. The smallest absolute Gasteiger partial charge is 0.258 e. The molecule has 0 spiro atoms. The maximum absolute atomic E-state index is 13.2. The zero-order chi connectivity index (χ0) is 16.5. The predicted octanol–water partition coefficient (Wildman–Crippen LogP) is 2.64. The van der Waals surface area contributed by atoms with Crippen molar-refractivity contribution in [3.8, 4) is 5.69 Å². The molecule has 1 amide bonds. The average molecular weight is 319 g/mol. The first-order valence-corrected chi connectivity index (χ1v) is 7.99. The summed E-state index contributed by atoms with van der Waals surface area (Å²) in [6, 6.07) is 15.7. The van der Waals surface area contributed by atoms with Crippen molar-refractivity contribution in [1.29, 1.82) is 0 Å². The standard InChI is InChI=1S/C18H17N5O/c1-13-9-10-14-5-2-3-8-17(14)23(13)18(24)15-6-4-7-16(11-15)22-12-19-20-21-22/h2-8,11-13H,9-10H2,1H3. The first-order valence-electron chi connectivity index (χ1n) is 7.99. The predicted molar refractivity (Wildman–Crippen MR) is 90.2 cm³/mol. The van der Waals surface area contributed by atoms with Gasteiger partial charge in [0.25, 0.3) is 5.91 Å². The number of fused-ring (bicyclic) bond motifs is 1. The van der Waals surface area contributed by atoms with Crippen molar-refractivity contribution in [2.75, 3.05) is 4.90 Å². The van der Waals surface area contributed by atoms with E-state index in [0.717, 1.165) is 24.2 Å². The Morgan fingerprint density at radius 1 is 1.17 bits per heavy atom. The molecule has 120 valence electrons. The molecule has 0 fully saturated rings. The fourth-order valence-electron chi connectivity index (χ4n) is 3.20. The van der Waals surface area contributed by atoms with Gasteiger partial charge in [0.05, 0.1) is 5.69 Å². The fraction of sp³-hybridized carbons (Fsp3) is 0.222. The Morgan fingerprint density at radius 2 is 2.04 bits per heavy atom. The lowest BCUT2D eigenvalue weighted by molar-refractivity contribution is 0.0975. The zero-order valence-electron chi connectivity index (χ0n) is 13.3. The third-order valence-electron chi connectivity index (χ3n) is 4.45. The lowest BCUT2D eigenvalue weighted by atomic mass is 9.95. The summed E-state index contributed by atoms with van der Waals surface area (Å²) in [5.41, 5.74) is 3.63. The monoisotopic (exact) mass is 319 g/mol. The van der Waals surface area contributed by atoms with Crippen molar-refractivity contribution in [2.45, 2.75) is 25.8 Å². The number of para-hydroxylation sites is 1. The molecule has 1 aliphatic rings. The van der Waals surface area contributed by atoms with Crippen molar-refractivity contribution in [3.05, 3.63) is 66.0 Å². The van der Waals surface area contributed by atoms with E-state index in [-0.39, 0.29) is 11.9 Å². The molecule has 0 radical (unpaired) electrons. The van der Waals surface area contributed by atoms with Crippen LogP contribution in [0.1, 0.15) is 29.3 Å². The van der Waals surface area contributed by atoms with Gasteiger partial charge in [-0.05, 0) is 60.0 Å². The summed E-state index contributed by atoms with van der Waals surface area (Å²) >= 11 is 0. The highest BCUT2D eigenvalue weighted by Gasteiger charge is 2.28. The van der Waals surface area contributed by atoms with Gasteiger partial charge in [-0.3, -0.25) is 4.79 Å². The van der Waals surface area contributed by atoms with Crippen LogP contribution in [-0.2, 0) is 6.42 Å². The molecule has 1 atom stereocenters. The second-order valence-corrected chi connectivity index (χ2v) is 6.00. The van der Waals surface area contributed by atoms with E-state index in [9.17, 15) is 4.79 Å². The summed E-state index contributed by atoms with van der Waals surface area (Å²) in [5, 5.41) is 11.2. The fourth-order valence-corrected chi connectivity index (χ4v) is 3.20. The first-order chi connectivity index (χ1) is 11.7. The zero-order valence-corrected chi connectivity index (χ0v) is 13.3. The third kappa shape index (κ3) is 2.46. The minimum Gasteiger partial charge on any atom is -0.305 e. The molecule has 1 aliphatic heterocycles. The van der Waals surface area contributed by atoms with E-state index in [1.165, 1.54) is 11.9 Å². The minimum atomic E-state index is 0.00424. The quantitative estimate of drug-likeness (QED) is 0.728. The molecule has 0 N–H and O–H groups in total. The normalized spacial score (nSPS) is 16.7. The lowest BCUT2D eigenvalue weighted by Gasteiger charge is -2.35. The Hall–Kier alpha value is -3.02. The molecule has 3 aromatic rings. The summed E-state index contributed by atoms with van der Waals surface area (Å²) in [6.07, 6.45) is 3.49.